The van der Waals surface area contributed by atoms with Gasteiger partial charge in [0.25, 0.3) is 0 Å². The molecule has 1 atom stereocenters. The summed E-state index contributed by atoms with van der Waals surface area (Å²) in [6.45, 7) is 1.99. The van der Waals surface area contributed by atoms with E-state index in [1.54, 1.807) is 30.5 Å². The first-order chi connectivity index (χ1) is 8.61. The minimum Gasteiger partial charge on any atom is -0.469 e. The molecule has 1 aromatic heterocycles. The third-order valence-electron chi connectivity index (χ3n) is 2.88. The van der Waals surface area contributed by atoms with Gasteiger partial charge in [0, 0.05) is 28.5 Å². The number of halogens is 2. The van der Waals surface area contributed by atoms with E-state index in [1.807, 2.05) is 6.92 Å². The maximum absolute atomic E-state index is 10.2. The Hall–Kier alpha value is -0.960. The van der Waals surface area contributed by atoms with Crippen LogP contribution in [0.1, 0.15) is 29.9 Å². The average Bonchev–Trinajstić information content (AvgIpc) is 2.82. The second-order valence-electron chi connectivity index (χ2n) is 4.11. The normalized spacial score (nSPS) is 12.7. The van der Waals surface area contributed by atoms with Gasteiger partial charge in [0.2, 0.25) is 0 Å². The molecule has 1 N–H and O–H groups in total. The van der Waals surface area contributed by atoms with Gasteiger partial charge in [-0.25, -0.2) is 0 Å². The molecule has 0 aliphatic carbocycles. The molecule has 0 saturated carbocycles. The molecule has 0 aliphatic rings. The van der Waals surface area contributed by atoms with Crippen LogP contribution < -0.4 is 0 Å². The largest absolute Gasteiger partial charge is 0.469 e. The third kappa shape index (κ3) is 2.89. The van der Waals surface area contributed by atoms with Crippen molar-refractivity contribution < 1.29 is 9.52 Å². The lowest BCUT2D eigenvalue weighted by molar-refractivity contribution is 0.176. The summed E-state index contributed by atoms with van der Waals surface area (Å²) < 4.78 is 5.31. The molecular formula is C14H14Cl2O2. The van der Waals surface area contributed by atoms with Crippen molar-refractivity contribution in [2.24, 2.45) is 0 Å². The van der Waals surface area contributed by atoms with E-state index < -0.39 is 6.10 Å². The summed E-state index contributed by atoms with van der Waals surface area (Å²) in [6, 6.07) is 7.04. The van der Waals surface area contributed by atoms with Crippen LogP contribution in [-0.2, 0) is 12.8 Å². The fourth-order valence-corrected chi connectivity index (χ4v) is 2.34. The zero-order valence-electron chi connectivity index (χ0n) is 9.99. The van der Waals surface area contributed by atoms with Gasteiger partial charge in [0.1, 0.15) is 5.76 Å². The molecule has 1 unspecified atom stereocenters. The highest BCUT2D eigenvalue weighted by atomic mass is 35.5. The van der Waals surface area contributed by atoms with Crippen LogP contribution in [0.4, 0.5) is 0 Å². The summed E-state index contributed by atoms with van der Waals surface area (Å²) in [6.07, 6.45) is 2.14. The Morgan fingerprint density at radius 3 is 2.78 bits per heavy atom. The number of hydrogen-bond acceptors (Lipinski definition) is 2. The van der Waals surface area contributed by atoms with Crippen LogP contribution >= 0.6 is 23.2 Å². The molecule has 0 fully saturated rings. The van der Waals surface area contributed by atoms with Crippen LogP contribution in [0.2, 0.25) is 10.0 Å². The van der Waals surface area contributed by atoms with Crippen molar-refractivity contribution in [1.82, 2.24) is 0 Å². The highest BCUT2D eigenvalue weighted by molar-refractivity contribution is 6.33. The maximum atomic E-state index is 10.2. The number of aliphatic hydroxyl groups is 1. The molecule has 0 saturated heterocycles. The van der Waals surface area contributed by atoms with Gasteiger partial charge in [-0.1, -0.05) is 30.1 Å². The summed E-state index contributed by atoms with van der Waals surface area (Å²) >= 11 is 12.0. The van der Waals surface area contributed by atoms with E-state index in [2.05, 4.69) is 0 Å². The van der Waals surface area contributed by atoms with Crippen LogP contribution in [0, 0.1) is 0 Å². The minimum atomic E-state index is -0.630. The number of furan rings is 1. The monoisotopic (exact) mass is 284 g/mol. The van der Waals surface area contributed by atoms with Crippen LogP contribution in [-0.4, -0.2) is 5.11 Å². The standard InChI is InChI=1S/C14H14Cl2O2/c1-2-14-11(5-6-18-14)13(17)8-9-7-10(15)3-4-12(9)16/h3-7,13,17H,2,8H2,1H3. The van der Waals surface area contributed by atoms with E-state index >= 15 is 0 Å². The van der Waals surface area contributed by atoms with Gasteiger partial charge in [0.15, 0.2) is 0 Å². The smallest absolute Gasteiger partial charge is 0.109 e. The van der Waals surface area contributed by atoms with Gasteiger partial charge in [-0.3, -0.25) is 0 Å². The summed E-state index contributed by atoms with van der Waals surface area (Å²) in [5.74, 6) is 0.806. The molecule has 2 aromatic rings. The van der Waals surface area contributed by atoms with Gasteiger partial charge >= 0.3 is 0 Å². The Morgan fingerprint density at radius 2 is 2.06 bits per heavy atom. The molecular weight excluding hydrogens is 271 g/mol. The van der Waals surface area contributed by atoms with Crippen LogP contribution in [0.25, 0.3) is 0 Å². The first-order valence-corrected chi connectivity index (χ1v) is 6.55. The fraction of sp³-hybridized carbons (Fsp3) is 0.286. The molecule has 1 aromatic carbocycles. The average molecular weight is 285 g/mol. The second-order valence-corrected chi connectivity index (χ2v) is 4.95. The number of aryl methyl sites for hydroxylation is 1. The molecule has 1 heterocycles. The molecule has 0 spiro atoms. The number of aliphatic hydroxyl groups excluding tert-OH is 1. The quantitative estimate of drug-likeness (QED) is 0.901. The molecule has 4 heteroatoms. The molecule has 2 rings (SSSR count). The number of benzene rings is 1. The van der Waals surface area contributed by atoms with Crippen molar-refractivity contribution in [1.29, 1.82) is 0 Å². The molecule has 0 aliphatic heterocycles. The SMILES string of the molecule is CCc1occc1C(O)Cc1cc(Cl)ccc1Cl. The lowest BCUT2D eigenvalue weighted by atomic mass is 10.0. The minimum absolute atomic E-state index is 0.423. The highest BCUT2D eigenvalue weighted by Crippen LogP contribution is 2.28. The third-order valence-corrected chi connectivity index (χ3v) is 3.48. The highest BCUT2D eigenvalue weighted by Gasteiger charge is 2.16. The predicted octanol–water partition coefficient (Wildman–Crippen LogP) is 4.42. The molecule has 0 bridgehead atoms. The van der Waals surface area contributed by atoms with Crippen molar-refractivity contribution in [3.63, 3.8) is 0 Å². The van der Waals surface area contributed by atoms with Crippen molar-refractivity contribution >= 4 is 23.2 Å². The van der Waals surface area contributed by atoms with Crippen LogP contribution in [0.3, 0.4) is 0 Å². The Balaban J connectivity index is 2.21. The summed E-state index contributed by atoms with van der Waals surface area (Å²) in [7, 11) is 0. The van der Waals surface area contributed by atoms with Crippen LogP contribution in [0.5, 0.6) is 0 Å². The van der Waals surface area contributed by atoms with E-state index in [-0.39, 0.29) is 0 Å². The van der Waals surface area contributed by atoms with Crippen molar-refractivity contribution in [3.05, 3.63) is 57.5 Å². The second kappa shape index (κ2) is 5.79. The summed E-state index contributed by atoms with van der Waals surface area (Å²) in [5, 5.41) is 11.5. The van der Waals surface area contributed by atoms with Crippen LogP contribution in [0.15, 0.2) is 34.9 Å². The number of hydrogen-bond donors (Lipinski definition) is 1. The summed E-state index contributed by atoms with van der Waals surface area (Å²) in [4.78, 5) is 0. The lowest BCUT2D eigenvalue weighted by Crippen LogP contribution is -2.03. The fourth-order valence-electron chi connectivity index (χ4n) is 1.95. The summed E-state index contributed by atoms with van der Waals surface area (Å²) in [5.41, 5.74) is 1.65. The zero-order valence-corrected chi connectivity index (χ0v) is 11.5. The van der Waals surface area contributed by atoms with E-state index in [0.29, 0.717) is 16.5 Å². The first-order valence-electron chi connectivity index (χ1n) is 5.80. The Labute approximate surface area is 116 Å². The Bertz CT molecular complexity index is 534. The molecule has 0 amide bonds. The molecule has 0 radical (unpaired) electrons. The molecule has 2 nitrogen and oxygen atoms in total. The first kappa shape index (κ1) is 13.5. The van der Waals surface area contributed by atoms with E-state index in [1.165, 1.54) is 0 Å². The van der Waals surface area contributed by atoms with E-state index in [4.69, 9.17) is 27.6 Å². The number of rotatable bonds is 4. The van der Waals surface area contributed by atoms with E-state index in [0.717, 1.165) is 23.3 Å². The Kier molecular flexibility index (Phi) is 4.33. The van der Waals surface area contributed by atoms with Crippen molar-refractivity contribution in [3.8, 4) is 0 Å². The van der Waals surface area contributed by atoms with Crippen molar-refractivity contribution in [2.75, 3.05) is 0 Å². The van der Waals surface area contributed by atoms with Gasteiger partial charge in [0.05, 0.1) is 12.4 Å². The topological polar surface area (TPSA) is 33.4 Å². The van der Waals surface area contributed by atoms with Gasteiger partial charge in [-0.2, -0.15) is 0 Å². The van der Waals surface area contributed by atoms with Gasteiger partial charge in [-0.05, 0) is 29.8 Å². The maximum Gasteiger partial charge on any atom is 0.109 e. The lowest BCUT2D eigenvalue weighted by Gasteiger charge is -2.12. The zero-order chi connectivity index (χ0) is 13.1. The molecule has 18 heavy (non-hydrogen) atoms. The Morgan fingerprint density at radius 1 is 1.28 bits per heavy atom. The van der Waals surface area contributed by atoms with Gasteiger partial charge < -0.3 is 9.52 Å². The predicted molar refractivity (Wildman–Crippen MR) is 73.2 cm³/mol. The van der Waals surface area contributed by atoms with E-state index in [9.17, 15) is 5.11 Å². The van der Waals surface area contributed by atoms with Gasteiger partial charge in [-0.15, -0.1) is 0 Å². The van der Waals surface area contributed by atoms with Crippen molar-refractivity contribution in [2.45, 2.75) is 25.9 Å². The molecule has 96 valence electrons.